The average Bonchev–Trinajstić information content (AvgIpc) is 2.46. The predicted molar refractivity (Wildman–Crippen MR) is 90.6 cm³/mol. The Morgan fingerprint density at radius 2 is 0.750 bits per heavy atom. The van der Waals surface area contributed by atoms with Crippen molar-refractivity contribution in [2.75, 3.05) is 39.3 Å². The fourth-order valence-electron chi connectivity index (χ4n) is 1.74. The average molecular weight is 290 g/mol. The molecule has 0 bridgehead atoms. The third-order valence-electron chi connectivity index (χ3n) is 3.02. The van der Waals surface area contributed by atoms with Crippen LogP contribution in [0.5, 0.6) is 0 Å². The molecule has 0 aliphatic heterocycles. The molecule has 0 saturated carbocycles. The zero-order valence-electron chi connectivity index (χ0n) is 13.4. The van der Waals surface area contributed by atoms with Crippen molar-refractivity contribution in [1.82, 2.24) is 5.32 Å². The smallest absolute Gasteiger partial charge is 0.00489 e. The summed E-state index contributed by atoms with van der Waals surface area (Å²) in [5.74, 6) is 0. The van der Waals surface area contributed by atoms with Crippen molar-refractivity contribution in [3.05, 3.63) is 0 Å². The lowest BCUT2D eigenvalue weighted by atomic mass is 10.2. The molecule has 0 fully saturated rings. The van der Waals surface area contributed by atoms with Crippen molar-refractivity contribution in [2.45, 2.75) is 57.8 Å². The van der Waals surface area contributed by atoms with Crippen molar-refractivity contribution in [1.29, 1.82) is 0 Å². The van der Waals surface area contributed by atoms with Crippen LogP contribution < -0.4 is 28.3 Å². The third kappa shape index (κ3) is 26.4. The van der Waals surface area contributed by atoms with Crippen LogP contribution in [0.1, 0.15) is 57.8 Å². The SMILES string of the molecule is NCCCCCCNCCCCCCN.NCCCN. The van der Waals surface area contributed by atoms with Crippen molar-refractivity contribution < 1.29 is 0 Å². The molecule has 20 heavy (non-hydrogen) atoms. The van der Waals surface area contributed by atoms with Gasteiger partial charge in [0.25, 0.3) is 0 Å². The molecule has 5 heteroatoms. The van der Waals surface area contributed by atoms with Crippen LogP contribution >= 0.6 is 0 Å². The number of hydrogen-bond donors (Lipinski definition) is 5. The van der Waals surface area contributed by atoms with Crippen molar-refractivity contribution in [3.63, 3.8) is 0 Å². The zero-order valence-corrected chi connectivity index (χ0v) is 13.4. The summed E-state index contributed by atoms with van der Waals surface area (Å²) in [7, 11) is 0. The Balaban J connectivity index is 0. The molecule has 0 saturated heterocycles. The molecule has 0 heterocycles. The van der Waals surface area contributed by atoms with E-state index in [1.165, 1.54) is 64.5 Å². The fraction of sp³-hybridized carbons (Fsp3) is 1.00. The lowest BCUT2D eigenvalue weighted by Gasteiger charge is -2.04. The standard InChI is InChI=1S/C12H29N3.C3H10N2/c13-9-5-1-3-7-11-15-12-8-4-2-6-10-14;4-2-1-3-5/h15H,1-14H2;1-5H2. The second kappa shape index (κ2) is 23.9. The van der Waals surface area contributed by atoms with Gasteiger partial charge in [-0.2, -0.15) is 0 Å². The highest BCUT2D eigenvalue weighted by Gasteiger charge is 1.91. The zero-order chi connectivity index (χ0) is 15.3. The van der Waals surface area contributed by atoms with Crippen LogP contribution in [-0.4, -0.2) is 39.3 Å². The van der Waals surface area contributed by atoms with Crippen molar-refractivity contribution in [3.8, 4) is 0 Å². The van der Waals surface area contributed by atoms with Gasteiger partial charge < -0.3 is 28.3 Å². The molecule has 0 aromatic rings. The monoisotopic (exact) mass is 289 g/mol. The van der Waals surface area contributed by atoms with E-state index in [2.05, 4.69) is 5.32 Å². The van der Waals surface area contributed by atoms with Crippen LogP contribution in [0.15, 0.2) is 0 Å². The molecule has 0 radical (unpaired) electrons. The topological polar surface area (TPSA) is 116 Å². The van der Waals surface area contributed by atoms with Gasteiger partial charge in [-0.15, -0.1) is 0 Å². The molecule has 0 aromatic carbocycles. The predicted octanol–water partition coefficient (Wildman–Crippen LogP) is 0.908. The molecular weight excluding hydrogens is 250 g/mol. The number of rotatable bonds is 14. The first-order valence-corrected chi connectivity index (χ1v) is 8.34. The van der Waals surface area contributed by atoms with Crippen LogP contribution in [0, 0.1) is 0 Å². The van der Waals surface area contributed by atoms with Gasteiger partial charge in [0.05, 0.1) is 0 Å². The Bertz CT molecular complexity index is 130. The third-order valence-corrected chi connectivity index (χ3v) is 3.02. The first-order chi connectivity index (χ1) is 9.83. The van der Waals surface area contributed by atoms with Gasteiger partial charge in [-0.1, -0.05) is 25.7 Å². The van der Waals surface area contributed by atoms with Gasteiger partial charge in [0.1, 0.15) is 0 Å². The van der Waals surface area contributed by atoms with E-state index in [0.717, 1.165) is 32.6 Å². The summed E-state index contributed by atoms with van der Waals surface area (Å²) < 4.78 is 0. The lowest BCUT2D eigenvalue weighted by Crippen LogP contribution is -2.16. The van der Waals surface area contributed by atoms with Crippen molar-refractivity contribution >= 4 is 0 Å². The number of hydrogen-bond acceptors (Lipinski definition) is 5. The summed E-state index contributed by atoms with van der Waals surface area (Å²) in [5, 5.41) is 3.48. The molecule has 124 valence electrons. The van der Waals surface area contributed by atoms with Crippen LogP contribution in [0.4, 0.5) is 0 Å². The van der Waals surface area contributed by atoms with E-state index in [0.29, 0.717) is 0 Å². The molecule has 0 aliphatic rings. The summed E-state index contributed by atoms with van der Waals surface area (Å²) in [5.41, 5.74) is 21.0. The largest absolute Gasteiger partial charge is 0.330 e. The Kier molecular flexibility index (Phi) is 26.4. The molecule has 0 atom stereocenters. The molecule has 5 nitrogen and oxygen atoms in total. The molecular formula is C15H39N5. The van der Waals surface area contributed by atoms with E-state index in [1.807, 2.05) is 0 Å². The first-order valence-electron chi connectivity index (χ1n) is 8.34. The van der Waals surface area contributed by atoms with E-state index in [4.69, 9.17) is 22.9 Å². The lowest BCUT2D eigenvalue weighted by molar-refractivity contribution is 0.558. The summed E-state index contributed by atoms with van der Waals surface area (Å²) in [4.78, 5) is 0. The van der Waals surface area contributed by atoms with Gasteiger partial charge in [-0.3, -0.25) is 0 Å². The minimum atomic E-state index is 0.719. The van der Waals surface area contributed by atoms with Crippen molar-refractivity contribution in [2.24, 2.45) is 22.9 Å². The van der Waals surface area contributed by atoms with E-state index < -0.39 is 0 Å². The number of nitrogens with one attached hydrogen (secondary N) is 1. The Labute approximate surface area is 126 Å². The van der Waals surface area contributed by atoms with Gasteiger partial charge in [-0.25, -0.2) is 0 Å². The molecule has 0 aliphatic carbocycles. The maximum absolute atomic E-state index is 5.42. The summed E-state index contributed by atoms with van der Waals surface area (Å²) in [6, 6.07) is 0. The molecule has 0 spiro atoms. The second-order valence-corrected chi connectivity index (χ2v) is 5.09. The minimum Gasteiger partial charge on any atom is -0.330 e. The maximum atomic E-state index is 5.42. The Morgan fingerprint density at radius 1 is 0.400 bits per heavy atom. The Hall–Kier alpha value is -0.200. The highest BCUT2D eigenvalue weighted by molar-refractivity contribution is 4.51. The van der Waals surface area contributed by atoms with Crippen LogP contribution in [0.25, 0.3) is 0 Å². The summed E-state index contributed by atoms with van der Waals surface area (Å²) in [6.07, 6.45) is 11.1. The second-order valence-electron chi connectivity index (χ2n) is 5.09. The summed E-state index contributed by atoms with van der Waals surface area (Å²) >= 11 is 0. The van der Waals surface area contributed by atoms with Gasteiger partial charge in [0.15, 0.2) is 0 Å². The van der Waals surface area contributed by atoms with E-state index in [9.17, 15) is 0 Å². The Morgan fingerprint density at radius 3 is 1.05 bits per heavy atom. The van der Waals surface area contributed by atoms with Gasteiger partial charge in [0.2, 0.25) is 0 Å². The van der Waals surface area contributed by atoms with Gasteiger partial charge >= 0.3 is 0 Å². The quantitative estimate of drug-likeness (QED) is 0.305. The van der Waals surface area contributed by atoms with E-state index in [1.54, 1.807) is 0 Å². The van der Waals surface area contributed by atoms with Gasteiger partial charge in [0, 0.05) is 0 Å². The van der Waals surface area contributed by atoms with Crippen LogP contribution in [0.2, 0.25) is 0 Å². The normalized spacial score (nSPS) is 10.2. The summed E-state index contributed by atoms with van der Waals surface area (Å²) in [6.45, 7) is 5.46. The number of nitrogens with two attached hydrogens (primary N) is 4. The molecule has 0 unspecified atom stereocenters. The fourth-order valence-corrected chi connectivity index (χ4v) is 1.74. The van der Waals surface area contributed by atoms with Crippen LogP contribution in [-0.2, 0) is 0 Å². The maximum Gasteiger partial charge on any atom is -0.00489 e. The number of unbranched alkanes of at least 4 members (excludes halogenated alkanes) is 6. The molecule has 9 N–H and O–H groups in total. The highest BCUT2D eigenvalue weighted by Crippen LogP contribution is 1.98. The highest BCUT2D eigenvalue weighted by atomic mass is 14.8. The molecule has 0 amide bonds. The molecule has 0 rings (SSSR count). The molecule has 0 aromatic heterocycles. The van der Waals surface area contributed by atoms with E-state index in [-0.39, 0.29) is 0 Å². The van der Waals surface area contributed by atoms with Gasteiger partial charge in [-0.05, 0) is 71.4 Å². The minimum absolute atomic E-state index is 0.719. The first kappa shape index (κ1) is 22.1. The van der Waals surface area contributed by atoms with Crippen LogP contribution in [0.3, 0.4) is 0 Å². The van der Waals surface area contributed by atoms with E-state index >= 15 is 0 Å².